The van der Waals surface area contributed by atoms with Gasteiger partial charge in [0.15, 0.2) is 0 Å². The predicted molar refractivity (Wildman–Crippen MR) is 86.6 cm³/mol. The Labute approximate surface area is 141 Å². The van der Waals surface area contributed by atoms with Crippen LogP contribution < -0.4 is 0 Å². The molecule has 0 radical (unpaired) electrons. The van der Waals surface area contributed by atoms with E-state index in [1.165, 1.54) is 12.0 Å². The number of hydrogen-bond donors (Lipinski definition) is 0. The van der Waals surface area contributed by atoms with Gasteiger partial charge in [-0.2, -0.15) is 0 Å². The minimum atomic E-state index is -0.505. The van der Waals surface area contributed by atoms with Crippen LogP contribution in [0.1, 0.15) is 18.9 Å². The van der Waals surface area contributed by atoms with Crippen molar-refractivity contribution in [2.75, 3.05) is 20.2 Å². The zero-order valence-corrected chi connectivity index (χ0v) is 14.0. The van der Waals surface area contributed by atoms with E-state index in [4.69, 9.17) is 4.74 Å². The number of nitrogens with zero attached hydrogens (tertiary/aromatic N) is 2. The van der Waals surface area contributed by atoms with Crippen LogP contribution in [0.25, 0.3) is 0 Å². The Kier molecular flexibility index (Phi) is 4.66. The molecule has 2 aliphatic heterocycles. The average Bonchev–Trinajstić information content (AvgIpc) is 3.13. The predicted octanol–water partition coefficient (Wildman–Crippen LogP) is 1.05. The lowest BCUT2D eigenvalue weighted by Crippen LogP contribution is -2.42. The quantitative estimate of drug-likeness (QED) is 0.757. The van der Waals surface area contributed by atoms with Crippen molar-refractivity contribution in [3.63, 3.8) is 0 Å². The van der Waals surface area contributed by atoms with Crippen LogP contribution in [0.3, 0.4) is 0 Å². The third-order valence-electron chi connectivity index (χ3n) is 4.91. The molecule has 1 aromatic carbocycles. The van der Waals surface area contributed by atoms with Gasteiger partial charge < -0.3 is 9.64 Å². The molecule has 24 heavy (non-hydrogen) atoms. The van der Waals surface area contributed by atoms with Gasteiger partial charge in [0.25, 0.3) is 5.91 Å². The smallest absolute Gasteiger partial charge is 0.251 e. The van der Waals surface area contributed by atoms with E-state index >= 15 is 0 Å². The normalized spacial score (nSPS) is 24.4. The number of fused-ring (bicyclic) bond motifs is 1. The molecule has 0 aliphatic carbocycles. The number of carbonyl (C=O) groups is 3. The summed E-state index contributed by atoms with van der Waals surface area (Å²) in [5.74, 6) is -1.31. The van der Waals surface area contributed by atoms with Crippen molar-refractivity contribution in [3.8, 4) is 0 Å². The molecular formula is C18H22N2O4. The Hall–Kier alpha value is -2.21. The number of imide groups is 1. The molecule has 0 N–H and O–H groups in total. The summed E-state index contributed by atoms with van der Waals surface area (Å²) in [5.41, 5.74) is 0.928. The zero-order chi connectivity index (χ0) is 17.3. The van der Waals surface area contributed by atoms with Crippen LogP contribution in [0, 0.1) is 11.8 Å². The van der Waals surface area contributed by atoms with Crippen molar-refractivity contribution in [3.05, 3.63) is 35.9 Å². The minimum Gasteiger partial charge on any atom is -0.372 e. The molecule has 128 valence electrons. The van der Waals surface area contributed by atoms with Gasteiger partial charge in [-0.25, -0.2) is 0 Å². The van der Waals surface area contributed by atoms with Crippen LogP contribution in [-0.4, -0.2) is 53.8 Å². The highest BCUT2D eigenvalue weighted by Gasteiger charge is 2.53. The largest absolute Gasteiger partial charge is 0.372 e. The molecule has 2 saturated heterocycles. The standard InChI is InChI=1S/C18H22N2O4/c1-3-15(24-2)18(23)19-10-13-14(11-19)17(22)20(16(13)21)9-12-7-5-4-6-8-12/h4-8,13-15H,3,9-11H2,1-2H3/t13-,14+,15?. The van der Waals surface area contributed by atoms with E-state index in [0.29, 0.717) is 26.1 Å². The minimum absolute atomic E-state index is 0.135. The number of carbonyl (C=O) groups excluding carboxylic acids is 3. The average molecular weight is 330 g/mol. The van der Waals surface area contributed by atoms with Crippen molar-refractivity contribution >= 4 is 17.7 Å². The lowest BCUT2D eigenvalue weighted by atomic mass is 10.00. The van der Waals surface area contributed by atoms with Gasteiger partial charge in [0.2, 0.25) is 11.8 Å². The molecule has 0 bridgehead atoms. The van der Waals surface area contributed by atoms with E-state index in [1.807, 2.05) is 37.3 Å². The van der Waals surface area contributed by atoms with Gasteiger partial charge in [0.1, 0.15) is 6.10 Å². The summed E-state index contributed by atoms with van der Waals surface area (Å²) in [6.07, 6.45) is 0.0675. The molecule has 0 saturated carbocycles. The number of ether oxygens (including phenoxy) is 1. The monoisotopic (exact) mass is 330 g/mol. The van der Waals surface area contributed by atoms with Crippen molar-refractivity contribution in [2.24, 2.45) is 11.8 Å². The summed E-state index contributed by atoms with van der Waals surface area (Å²) in [7, 11) is 1.50. The number of rotatable bonds is 5. The highest BCUT2D eigenvalue weighted by Crippen LogP contribution is 2.34. The maximum absolute atomic E-state index is 12.6. The number of methoxy groups -OCH3 is 1. The topological polar surface area (TPSA) is 66.9 Å². The summed E-state index contributed by atoms with van der Waals surface area (Å²) in [4.78, 5) is 40.6. The van der Waals surface area contributed by atoms with Crippen LogP contribution in [0.2, 0.25) is 0 Å². The van der Waals surface area contributed by atoms with Crippen molar-refractivity contribution in [1.29, 1.82) is 0 Å². The first-order valence-electron chi connectivity index (χ1n) is 8.27. The molecule has 6 nitrogen and oxygen atoms in total. The third-order valence-corrected chi connectivity index (χ3v) is 4.91. The van der Waals surface area contributed by atoms with E-state index in [0.717, 1.165) is 5.56 Å². The first kappa shape index (κ1) is 16.6. The van der Waals surface area contributed by atoms with Gasteiger partial charge in [-0.05, 0) is 12.0 Å². The maximum atomic E-state index is 12.6. The van der Waals surface area contributed by atoms with Gasteiger partial charge in [-0.15, -0.1) is 0 Å². The molecule has 0 aromatic heterocycles. The summed E-state index contributed by atoms with van der Waals surface area (Å²) in [6.45, 7) is 2.79. The van der Waals surface area contributed by atoms with Gasteiger partial charge >= 0.3 is 0 Å². The second-order valence-electron chi connectivity index (χ2n) is 6.34. The number of amides is 3. The lowest BCUT2D eigenvalue weighted by molar-refractivity contribution is -0.144. The van der Waals surface area contributed by atoms with E-state index < -0.39 is 17.9 Å². The third kappa shape index (κ3) is 2.82. The molecule has 2 fully saturated rings. The molecule has 0 spiro atoms. The van der Waals surface area contributed by atoms with E-state index in [2.05, 4.69) is 0 Å². The van der Waals surface area contributed by atoms with E-state index in [-0.39, 0.29) is 17.7 Å². The fourth-order valence-electron chi connectivity index (χ4n) is 3.56. The maximum Gasteiger partial charge on any atom is 0.251 e. The first-order chi connectivity index (χ1) is 11.6. The van der Waals surface area contributed by atoms with E-state index in [1.54, 1.807) is 4.90 Å². The second-order valence-corrected chi connectivity index (χ2v) is 6.34. The summed E-state index contributed by atoms with van der Waals surface area (Å²) < 4.78 is 5.18. The second kappa shape index (κ2) is 6.73. The Bertz CT molecular complexity index is 618. The first-order valence-corrected chi connectivity index (χ1v) is 8.27. The molecule has 1 unspecified atom stereocenters. The fourth-order valence-corrected chi connectivity index (χ4v) is 3.56. The van der Waals surface area contributed by atoms with Crippen molar-refractivity contribution in [2.45, 2.75) is 26.0 Å². The van der Waals surface area contributed by atoms with Crippen LogP contribution in [0.5, 0.6) is 0 Å². The Morgan fingerprint density at radius 1 is 1.17 bits per heavy atom. The van der Waals surface area contributed by atoms with Gasteiger partial charge in [0.05, 0.1) is 18.4 Å². The Balaban J connectivity index is 1.69. The molecule has 3 atom stereocenters. The van der Waals surface area contributed by atoms with E-state index in [9.17, 15) is 14.4 Å². The Morgan fingerprint density at radius 3 is 2.25 bits per heavy atom. The number of likely N-dealkylation sites (tertiary alicyclic amines) is 2. The summed E-state index contributed by atoms with van der Waals surface area (Å²) >= 11 is 0. The highest BCUT2D eigenvalue weighted by atomic mass is 16.5. The van der Waals surface area contributed by atoms with Crippen molar-refractivity contribution in [1.82, 2.24) is 9.80 Å². The molecule has 2 heterocycles. The highest BCUT2D eigenvalue weighted by molar-refractivity contribution is 6.06. The molecular weight excluding hydrogens is 308 g/mol. The molecule has 3 amide bonds. The molecule has 2 aliphatic rings. The molecule has 6 heteroatoms. The summed E-state index contributed by atoms with van der Waals surface area (Å²) in [5, 5.41) is 0. The molecule has 1 aromatic rings. The van der Waals surface area contributed by atoms with Crippen LogP contribution >= 0.6 is 0 Å². The molecule has 3 rings (SSSR count). The fraction of sp³-hybridized carbons (Fsp3) is 0.500. The lowest BCUT2D eigenvalue weighted by Gasteiger charge is -2.24. The number of benzene rings is 1. The van der Waals surface area contributed by atoms with Crippen molar-refractivity contribution < 1.29 is 19.1 Å². The van der Waals surface area contributed by atoms with Gasteiger partial charge in [-0.1, -0.05) is 37.3 Å². The van der Waals surface area contributed by atoms with Gasteiger partial charge in [-0.3, -0.25) is 19.3 Å². The number of hydrogen-bond acceptors (Lipinski definition) is 4. The van der Waals surface area contributed by atoms with Crippen LogP contribution in [-0.2, 0) is 25.7 Å². The SMILES string of the molecule is CCC(OC)C(=O)N1C[C@@H]2C(=O)N(Cc3ccccc3)C(=O)[C@@H]2C1. The van der Waals surface area contributed by atoms with Crippen LogP contribution in [0.4, 0.5) is 0 Å². The Morgan fingerprint density at radius 2 is 1.75 bits per heavy atom. The van der Waals surface area contributed by atoms with Gasteiger partial charge in [0, 0.05) is 20.2 Å². The van der Waals surface area contributed by atoms with Crippen LogP contribution in [0.15, 0.2) is 30.3 Å². The zero-order valence-electron chi connectivity index (χ0n) is 14.0. The summed E-state index contributed by atoms with van der Waals surface area (Å²) in [6, 6.07) is 9.47.